The van der Waals surface area contributed by atoms with Crippen LogP contribution in [-0.2, 0) is 4.74 Å². The zero-order valence-corrected chi connectivity index (χ0v) is 13.2. The molecule has 0 fully saturated rings. The third kappa shape index (κ3) is 5.51. The second-order valence-electron chi connectivity index (χ2n) is 4.94. The van der Waals surface area contributed by atoms with Crippen molar-refractivity contribution in [1.29, 1.82) is 0 Å². The van der Waals surface area contributed by atoms with Crippen molar-refractivity contribution in [3.8, 4) is 0 Å². The fourth-order valence-corrected chi connectivity index (χ4v) is 2.25. The molecule has 18 heavy (non-hydrogen) atoms. The number of nitrogens with one attached hydrogen (secondary N) is 1. The molecule has 0 aliphatic carbocycles. The van der Waals surface area contributed by atoms with Crippen molar-refractivity contribution < 1.29 is 4.74 Å². The molecule has 0 amide bonds. The normalized spacial score (nSPS) is 12.9. The number of rotatable bonds is 8. The molecule has 1 aromatic rings. The summed E-state index contributed by atoms with van der Waals surface area (Å²) in [5, 5.41) is 3.44. The van der Waals surface area contributed by atoms with Gasteiger partial charge in [-0.05, 0) is 30.5 Å². The van der Waals surface area contributed by atoms with Crippen molar-refractivity contribution in [3.05, 3.63) is 34.3 Å². The van der Waals surface area contributed by atoms with E-state index in [1.807, 2.05) is 6.07 Å². The van der Waals surface area contributed by atoms with Crippen molar-refractivity contribution in [2.24, 2.45) is 5.92 Å². The van der Waals surface area contributed by atoms with E-state index < -0.39 is 0 Å². The second-order valence-corrected chi connectivity index (χ2v) is 5.80. The van der Waals surface area contributed by atoms with Gasteiger partial charge in [0.2, 0.25) is 0 Å². The molecule has 0 spiro atoms. The zero-order valence-electron chi connectivity index (χ0n) is 11.6. The number of halogens is 1. The lowest BCUT2D eigenvalue weighted by Gasteiger charge is -2.21. The quantitative estimate of drug-likeness (QED) is 0.727. The van der Waals surface area contributed by atoms with Gasteiger partial charge in [0.25, 0.3) is 0 Å². The number of hydrogen-bond acceptors (Lipinski definition) is 2. The van der Waals surface area contributed by atoms with Gasteiger partial charge in [-0.2, -0.15) is 0 Å². The molecule has 3 heteroatoms. The van der Waals surface area contributed by atoms with Gasteiger partial charge in [-0.25, -0.2) is 0 Å². The van der Waals surface area contributed by atoms with Crippen LogP contribution in [0.3, 0.4) is 0 Å². The summed E-state index contributed by atoms with van der Waals surface area (Å²) >= 11 is 3.61. The lowest BCUT2D eigenvalue weighted by atomic mass is 10.1. The Kier molecular flexibility index (Phi) is 7.56. The highest BCUT2D eigenvalue weighted by atomic mass is 79.9. The van der Waals surface area contributed by atoms with Gasteiger partial charge in [0.05, 0.1) is 6.10 Å². The van der Waals surface area contributed by atoms with Crippen molar-refractivity contribution in [3.63, 3.8) is 0 Å². The molecule has 0 aliphatic heterocycles. The van der Waals surface area contributed by atoms with Crippen molar-refractivity contribution in [1.82, 2.24) is 5.32 Å². The number of ether oxygens (including phenoxy) is 1. The Bertz CT molecular complexity index is 341. The molecule has 0 bridgehead atoms. The average Bonchev–Trinajstić information content (AvgIpc) is 2.34. The van der Waals surface area contributed by atoms with Crippen LogP contribution in [0.25, 0.3) is 0 Å². The molecule has 0 saturated heterocycles. The molecule has 0 heterocycles. The highest BCUT2D eigenvalue weighted by Gasteiger charge is 2.14. The zero-order chi connectivity index (χ0) is 13.4. The van der Waals surface area contributed by atoms with Crippen LogP contribution in [0.4, 0.5) is 0 Å². The van der Waals surface area contributed by atoms with E-state index in [1.165, 1.54) is 5.56 Å². The third-order valence-electron chi connectivity index (χ3n) is 2.64. The van der Waals surface area contributed by atoms with E-state index in [1.54, 1.807) is 0 Å². The van der Waals surface area contributed by atoms with Crippen LogP contribution in [0, 0.1) is 5.92 Å². The van der Waals surface area contributed by atoms with Gasteiger partial charge >= 0.3 is 0 Å². The Morgan fingerprint density at radius 2 is 2.00 bits per heavy atom. The summed E-state index contributed by atoms with van der Waals surface area (Å²) in [7, 11) is 0. The summed E-state index contributed by atoms with van der Waals surface area (Å²) in [4.78, 5) is 0. The lowest BCUT2D eigenvalue weighted by Crippen LogP contribution is -2.25. The summed E-state index contributed by atoms with van der Waals surface area (Å²) in [6, 6.07) is 8.29. The van der Waals surface area contributed by atoms with Crippen molar-refractivity contribution >= 4 is 15.9 Å². The Morgan fingerprint density at radius 1 is 1.28 bits per heavy atom. The van der Waals surface area contributed by atoms with Gasteiger partial charge in [-0.1, -0.05) is 54.9 Å². The average molecular weight is 314 g/mol. The SMILES string of the molecule is CCCNCC(OCC(C)C)c1ccccc1Br. The standard InChI is InChI=1S/C15H24BrNO/c1-4-9-17-10-15(18-11-12(2)3)13-7-5-6-8-14(13)16/h5-8,12,15,17H,4,9-11H2,1-3H3. The molecule has 1 atom stereocenters. The molecule has 1 N–H and O–H groups in total. The van der Waals surface area contributed by atoms with Gasteiger partial charge in [0, 0.05) is 17.6 Å². The summed E-state index contributed by atoms with van der Waals surface area (Å²) < 4.78 is 7.15. The molecule has 2 nitrogen and oxygen atoms in total. The van der Waals surface area contributed by atoms with E-state index in [4.69, 9.17) is 4.74 Å². The van der Waals surface area contributed by atoms with E-state index in [0.717, 1.165) is 30.6 Å². The molecule has 1 unspecified atom stereocenters. The first-order valence-corrected chi connectivity index (χ1v) is 7.51. The maximum absolute atomic E-state index is 6.02. The molecular formula is C15H24BrNO. The maximum atomic E-state index is 6.02. The smallest absolute Gasteiger partial charge is 0.0960 e. The summed E-state index contributed by atoms with van der Waals surface area (Å²) in [5.74, 6) is 0.557. The molecule has 0 radical (unpaired) electrons. The molecule has 0 aliphatic rings. The summed E-state index contributed by atoms with van der Waals surface area (Å²) in [5.41, 5.74) is 1.22. The Labute approximate surface area is 119 Å². The largest absolute Gasteiger partial charge is 0.372 e. The van der Waals surface area contributed by atoms with Gasteiger partial charge < -0.3 is 10.1 Å². The van der Waals surface area contributed by atoms with E-state index in [9.17, 15) is 0 Å². The van der Waals surface area contributed by atoms with Gasteiger partial charge in [-0.3, -0.25) is 0 Å². The molecule has 1 aromatic carbocycles. The predicted molar refractivity (Wildman–Crippen MR) is 80.8 cm³/mol. The highest BCUT2D eigenvalue weighted by molar-refractivity contribution is 9.10. The van der Waals surface area contributed by atoms with Crippen molar-refractivity contribution in [2.75, 3.05) is 19.7 Å². The van der Waals surface area contributed by atoms with Gasteiger partial charge in [0.15, 0.2) is 0 Å². The third-order valence-corrected chi connectivity index (χ3v) is 3.36. The van der Waals surface area contributed by atoms with E-state index in [-0.39, 0.29) is 6.10 Å². The first-order valence-electron chi connectivity index (χ1n) is 6.71. The minimum atomic E-state index is 0.120. The van der Waals surface area contributed by atoms with Gasteiger partial charge in [-0.15, -0.1) is 0 Å². The minimum Gasteiger partial charge on any atom is -0.372 e. The first-order chi connectivity index (χ1) is 8.65. The summed E-state index contributed by atoms with van der Waals surface area (Å²) in [6.07, 6.45) is 1.27. The minimum absolute atomic E-state index is 0.120. The topological polar surface area (TPSA) is 21.3 Å². The molecule has 0 saturated carbocycles. The number of benzene rings is 1. The fraction of sp³-hybridized carbons (Fsp3) is 0.600. The summed E-state index contributed by atoms with van der Waals surface area (Å²) in [6.45, 7) is 9.22. The van der Waals surface area contributed by atoms with Crippen LogP contribution in [0.15, 0.2) is 28.7 Å². The molecule has 102 valence electrons. The van der Waals surface area contributed by atoms with Gasteiger partial charge in [0.1, 0.15) is 0 Å². The van der Waals surface area contributed by atoms with E-state index >= 15 is 0 Å². The lowest BCUT2D eigenvalue weighted by molar-refractivity contribution is 0.0348. The van der Waals surface area contributed by atoms with Crippen LogP contribution in [0.2, 0.25) is 0 Å². The van der Waals surface area contributed by atoms with Crippen LogP contribution >= 0.6 is 15.9 Å². The van der Waals surface area contributed by atoms with Crippen LogP contribution < -0.4 is 5.32 Å². The maximum Gasteiger partial charge on any atom is 0.0960 e. The molecule has 0 aromatic heterocycles. The van der Waals surface area contributed by atoms with E-state index in [0.29, 0.717) is 5.92 Å². The van der Waals surface area contributed by atoms with Crippen LogP contribution in [0.1, 0.15) is 38.9 Å². The monoisotopic (exact) mass is 313 g/mol. The highest BCUT2D eigenvalue weighted by Crippen LogP contribution is 2.25. The molecule has 1 rings (SSSR count). The molecular weight excluding hydrogens is 290 g/mol. The predicted octanol–water partition coefficient (Wildman–Crippen LogP) is 4.16. The second kappa shape index (κ2) is 8.68. The Morgan fingerprint density at radius 3 is 2.61 bits per heavy atom. The Balaban J connectivity index is 2.66. The van der Waals surface area contributed by atoms with Crippen LogP contribution in [-0.4, -0.2) is 19.7 Å². The fourth-order valence-electron chi connectivity index (χ4n) is 1.71. The Hall–Kier alpha value is -0.380. The first kappa shape index (κ1) is 15.7. The van der Waals surface area contributed by atoms with E-state index in [2.05, 4.69) is 60.2 Å². The van der Waals surface area contributed by atoms with Crippen molar-refractivity contribution in [2.45, 2.75) is 33.3 Å². The number of hydrogen-bond donors (Lipinski definition) is 1. The van der Waals surface area contributed by atoms with Crippen LogP contribution in [0.5, 0.6) is 0 Å².